The van der Waals surface area contributed by atoms with Crippen molar-refractivity contribution in [1.82, 2.24) is 14.4 Å². The fourth-order valence-corrected chi connectivity index (χ4v) is 3.02. The van der Waals surface area contributed by atoms with Crippen LogP contribution in [0.25, 0.3) is 0 Å². The molecule has 0 aliphatic carbocycles. The average molecular weight is 361 g/mol. The van der Waals surface area contributed by atoms with E-state index in [1.807, 2.05) is 4.90 Å². The maximum atomic E-state index is 13.3. The fourth-order valence-electron chi connectivity index (χ4n) is 3.02. The predicted octanol–water partition coefficient (Wildman–Crippen LogP) is 1.54. The normalized spacial score (nSPS) is 15.2. The molecule has 8 heteroatoms. The Labute approximate surface area is 149 Å². The van der Waals surface area contributed by atoms with E-state index in [0.29, 0.717) is 43.9 Å². The summed E-state index contributed by atoms with van der Waals surface area (Å²) in [6, 6.07) is 7.62. The van der Waals surface area contributed by atoms with Gasteiger partial charge in [0.05, 0.1) is 6.54 Å². The summed E-state index contributed by atoms with van der Waals surface area (Å²) in [5, 5.41) is 19.2. The molecule has 0 spiro atoms. The van der Waals surface area contributed by atoms with E-state index in [-0.39, 0.29) is 18.1 Å². The molecule has 2 heterocycles. The van der Waals surface area contributed by atoms with Crippen molar-refractivity contribution in [3.05, 3.63) is 63.8 Å². The number of piperazine rings is 1. The molecule has 1 aliphatic heterocycles. The number of rotatable bonds is 4. The van der Waals surface area contributed by atoms with Gasteiger partial charge in [-0.15, -0.1) is 0 Å². The third-order valence-electron chi connectivity index (χ3n) is 4.50. The highest BCUT2D eigenvalue weighted by Crippen LogP contribution is 2.16. The van der Waals surface area contributed by atoms with Gasteiger partial charge in [0, 0.05) is 44.5 Å². The van der Waals surface area contributed by atoms with Crippen molar-refractivity contribution in [2.45, 2.75) is 13.1 Å². The van der Waals surface area contributed by atoms with Gasteiger partial charge in [-0.25, -0.2) is 9.18 Å². The first kappa shape index (κ1) is 17.9. The average Bonchev–Trinajstić information content (AvgIpc) is 2.62. The number of nitrogens with zero attached hydrogens (tertiary/aromatic N) is 3. The maximum absolute atomic E-state index is 13.3. The van der Waals surface area contributed by atoms with Crippen LogP contribution in [0.5, 0.6) is 5.75 Å². The van der Waals surface area contributed by atoms with Crippen molar-refractivity contribution < 1.29 is 19.4 Å². The largest absolute Gasteiger partial charge is 0.503 e. The molecule has 1 saturated heterocycles. The van der Waals surface area contributed by atoms with Crippen molar-refractivity contribution in [3.63, 3.8) is 0 Å². The summed E-state index contributed by atoms with van der Waals surface area (Å²) >= 11 is 0. The topological polar surface area (TPSA) is 86.0 Å². The van der Waals surface area contributed by atoms with Crippen LogP contribution in [0.15, 0.2) is 41.3 Å². The van der Waals surface area contributed by atoms with E-state index in [1.54, 1.807) is 24.4 Å². The molecule has 1 aromatic carbocycles. The molecule has 2 aromatic rings. The zero-order chi connectivity index (χ0) is 18.7. The number of hydrogen-bond acceptors (Lipinski definition) is 4. The highest BCUT2D eigenvalue weighted by molar-refractivity contribution is 5.65. The molecule has 1 amide bonds. The Morgan fingerprint density at radius 3 is 2.50 bits per heavy atom. The van der Waals surface area contributed by atoms with E-state index < -0.39 is 11.7 Å². The molecule has 1 fully saturated rings. The van der Waals surface area contributed by atoms with Crippen LogP contribution in [-0.2, 0) is 13.1 Å². The van der Waals surface area contributed by atoms with Gasteiger partial charge in [0.2, 0.25) is 0 Å². The van der Waals surface area contributed by atoms with Crippen LogP contribution in [0.4, 0.5) is 9.18 Å². The van der Waals surface area contributed by atoms with Gasteiger partial charge >= 0.3 is 6.09 Å². The third-order valence-corrected chi connectivity index (χ3v) is 4.50. The number of aromatic nitrogens is 1. The second-order valence-corrected chi connectivity index (χ2v) is 6.30. The first-order chi connectivity index (χ1) is 12.4. The lowest BCUT2D eigenvalue weighted by Gasteiger charge is -2.33. The van der Waals surface area contributed by atoms with Crippen molar-refractivity contribution in [2.75, 3.05) is 26.2 Å². The Hall–Kier alpha value is -2.87. The van der Waals surface area contributed by atoms with Crippen LogP contribution in [0.2, 0.25) is 0 Å². The van der Waals surface area contributed by atoms with Gasteiger partial charge in [-0.1, -0.05) is 12.1 Å². The molecule has 3 rings (SSSR count). The minimum Gasteiger partial charge on any atom is -0.503 e. The lowest BCUT2D eigenvalue weighted by Crippen LogP contribution is -2.47. The van der Waals surface area contributed by atoms with Crippen molar-refractivity contribution in [2.24, 2.45) is 0 Å². The quantitative estimate of drug-likeness (QED) is 0.863. The van der Waals surface area contributed by atoms with Crippen LogP contribution < -0.4 is 5.56 Å². The lowest BCUT2D eigenvalue weighted by atomic mass is 10.2. The van der Waals surface area contributed by atoms with Crippen LogP contribution >= 0.6 is 0 Å². The van der Waals surface area contributed by atoms with Gasteiger partial charge in [0.25, 0.3) is 5.56 Å². The Morgan fingerprint density at radius 1 is 1.12 bits per heavy atom. The molecule has 1 aromatic heterocycles. The molecule has 0 bridgehead atoms. The summed E-state index contributed by atoms with van der Waals surface area (Å²) in [6.45, 7) is 2.41. The number of halogens is 1. The summed E-state index contributed by atoms with van der Waals surface area (Å²) < 4.78 is 14.6. The zero-order valence-corrected chi connectivity index (χ0v) is 14.1. The standard InChI is InChI=1S/C18H20FN3O4/c19-15-3-1-2-13(10-15)11-22-5-4-14(16(23)17(22)24)12-20-6-8-21(9-7-20)18(25)26/h1-5,10,23H,6-9,11-12H2,(H,25,26). The number of pyridine rings is 1. The van der Waals surface area contributed by atoms with Crippen LogP contribution in [0.1, 0.15) is 11.1 Å². The Bertz CT molecular complexity index is 860. The molecule has 138 valence electrons. The van der Waals surface area contributed by atoms with Crippen LogP contribution in [-0.4, -0.2) is 56.9 Å². The minimum absolute atomic E-state index is 0.168. The van der Waals surface area contributed by atoms with Crippen LogP contribution in [0, 0.1) is 5.82 Å². The van der Waals surface area contributed by atoms with E-state index in [0.717, 1.165) is 0 Å². The second kappa shape index (κ2) is 7.57. The van der Waals surface area contributed by atoms with Gasteiger partial charge in [-0.3, -0.25) is 9.69 Å². The number of benzene rings is 1. The first-order valence-electron chi connectivity index (χ1n) is 8.30. The molecule has 0 saturated carbocycles. The van der Waals surface area contributed by atoms with E-state index in [2.05, 4.69) is 0 Å². The van der Waals surface area contributed by atoms with Crippen LogP contribution in [0.3, 0.4) is 0 Å². The number of carboxylic acid groups (broad SMARTS) is 1. The summed E-state index contributed by atoms with van der Waals surface area (Å²) in [5.74, 6) is -0.707. The Morgan fingerprint density at radius 2 is 1.85 bits per heavy atom. The third kappa shape index (κ3) is 4.02. The van der Waals surface area contributed by atoms with E-state index in [9.17, 15) is 19.1 Å². The van der Waals surface area contributed by atoms with Gasteiger partial charge in [-0.2, -0.15) is 0 Å². The molecular formula is C18H20FN3O4. The summed E-state index contributed by atoms with van der Waals surface area (Å²) in [7, 11) is 0. The first-order valence-corrected chi connectivity index (χ1v) is 8.30. The molecule has 0 radical (unpaired) electrons. The summed E-state index contributed by atoms with van der Waals surface area (Å²) in [6.07, 6.45) is 0.642. The highest BCUT2D eigenvalue weighted by atomic mass is 19.1. The number of carbonyl (C=O) groups is 1. The van der Waals surface area contributed by atoms with Gasteiger partial charge in [0.1, 0.15) is 5.82 Å². The molecule has 1 aliphatic rings. The smallest absolute Gasteiger partial charge is 0.407 e. The number of amides is 1. The van der Waals surface area contributed by atoms with Crippen molar-refractivity contribution >= 4 is 6.09 Å². The van der Waals surface area contributed by atoms with Gasteiger partial charge < -0.3 is 19.7 Å². The SMILES string of the molecule is O=C(O)N1CCN(Cc2ccn(Cc3cccc(F)c3)c(=O)c2O)CC1. The number of hydrogen-bond donors (Lipinski definition) is 2. The fraction of sp³-hybridized carbons (Fsp3) is 0.333. The maximum Gasteiger partial charge on any atom is 0.407 e. The van der Waals surface area contributed by atoms with E-state index >= 15 is 0 Å². The van der Waals surface area contributed by atoms with Crippen molar-refractivity contribution in [3.8, 4) is 5.75 Å². The summed E-state index contributed by atoms with van der Waals surface area (Å²) in [4.78, 5) is 26.6. The zero-order valence-electron chi connectivity index (χ0n) is 14.1. The molecule has 2 N–H and O–H groups in total. The highest BCUT2D eigenvalue weighted by Gasteiger charge is 2.21. The molecular weight excluding hydrogens is 341 g/mol. The van der Waals surface area contributed by atoms with Gasteiger partial charge in [0.15, 0.2) is 5.75 Å². The molecule has 26 heavy (non-hydrogen) atoms. The molecule has 0 unspecified atom stereocenters. The monoisotopic (exact) mass is 361 g/mol. The molecule has 0 atom stereocenters. The van der Waals surface area contributed by atoms with Crippen molar-refractivity contribution in [1.29, 1.82) is 0 Å². The van der Waals surface area contributed by atoms with E-state index in [4.69, 9.17) is 5.11 Å². The molecule has 7 nitrogen and oxygen atoms in total. The number of aromatic hydroxyl groups is 1. The second-order valence-electron chi connectivity index (χ2n) is 6.30. The van der Waals surface area contributed by atoms with Gasteiger partial charge in [-0.05, 0) is 23.8 Å². The Balaban J connectivity index is 1.70. The predicted molar refractivity (Wildman–Crippen MR) is 92.7 cm³/mol. The lowest BCUT2D eigenvalue weighted by molar-refractivity contribution is 0.102. The Kier molecular flexibility index (Phi) is 5.22. The van der Waals surface area contributed by atoms with E-state index in [1.165, 1.54) is 21.6 Å². The minimum atomic E-state index is -0.938. The summed E-state index contributed by atoms with van der Waals surface area (Å²) in [5.41, 5.74) is 0.592.